The smallest absolute Gasteiger partial charge is 0.337 e. The van der Waals surface area contributed by atoms with Crippen LogP contribution in [0.4, 0.5) is 5.69 Å². The number of nitrogens with one attached hydrogen (secondary N) is 2. The molecule has 206 valence electrons. The van der Waals surface area contributed by atoms with E-state index < -0.39 is 35.7 Å². The Morgan fingerprint density at radius 3 is 2.23 bits per heavy atom. The van der Waals surface area contributed by atoms with Gasteiger partial charge < -0.3 is 20.5 Å². The summed E-state index contributed by atoms with van der Waals surface area (Å²) in [6.07, 6.45) is 1.81. The lowest BCUT2D eigenvalue weighted by Crippen LogP contribution is -2.47. The molecular weight excluding hydrogens is 496 g/mol. The van der Waals surface area contributed by atoms with E-state index in [0.29, 0.717) is 36.9 Å². The first kappa shape index (κ1) is 29.4. The normalized spacial score (nSPS) is 12.5. The van der Waals surface area contributed by atoms with Crippen LogP contribution in [0.25, 0.3) is 10.8 Å². The predicted molar refractivity (Wildman–Crippen MR) is 150 cm³/mol. The summed E-state index contributed by atoms with van der Waals surface area (Å²) in [7, 11) is 1.29. The summed E-state index contributed by atoms with van der Waals surface area (Å²) in [5.74, 6) is -3.05. The van der Waals surface area contributed by atoms with Crippen molar-refractivity contribution in [2.45, 2.75) is 52.0 Å². The van der Waals surface area contributed by atoms with Crippen molar-refractivity contribution < 1.29 is 29.0 Å². The molecule has 0 aliphatic rings. The second-order valence-corrected chi connectivity index (χ2v) is 10.1. The Morgan fingerprint density at radius 1 is 0.897 bits per heavy atom. The zero-order chi connectivity index (χ0) is 28.4. The zero-order valence-electron chi connectivity index (χ0n) is 22.6. The number of aliphatic carboxylic acids is 1. The third kappa shape index (κ3) is 8.95. The molecule has 0 heterocycles. The zero-order valence-corrected chi connectivity index (χ0v) is 22.6. The lowest BCUT2D eigenvalue weighted by Gasteiger charge is -2.23. The van der Waals surface area contributed by atoms with Crippen molar-refractivity contribution >= 4 is 40.2 Å². The highest BCUT2D eigenvalue weighted by Crippen LogP contribution is 2.20. The van der Waals surface area contributed by atoms with Crippen LogP contribution in [-0.2, 0) is 25.5 Å². The van der Waals surface area contributed by atoms with Crippen molar-refractivity contribution in [3.63, 3.8) is 0 Å². The van der Waals surface area contributed by atoms with Crippen LogP contribution in [-0.4, -0.2) is 42.0 Å². The molecule has 3 aromatic carbocycles. The number of methoxy groups -OCH3 is 1. The van der Waals surface area contributed by atoms with Crippen molar-refractivity contribution in [3.8, 4) is 0 Å². The number of carboxylic acids is 1. The summed E-state index contributed by atoms with van der Waals surface area (Å²) in [6.45, 7) is 3.88. The van der Waals surface area contributed by atoms with Crippen LogP contribution in [0.15, 0.2) is 66.7 Å². The molecule has 0 radical (unpaired) electrons. The average molecular weight is 533 g/mol. The highest BCUT2D eigenvalue weighted by molar-refractivity contribution is 5.98. The fraction of sp³-hybridized carbons (Fsp3) is 0.355. The minimum Gasteiger partial charge on any atom is -0.481 e. The van der Waals surface area contributed by atoms with E-state index in [1.54, 1.807) is 12.1 Å². The maximum absolute atomic E-state index is 13.2. The van der Waals surface area contributed by atoms with Gasteiger partial charge in [0.25, 0.3) is 0 Å². The van der Waals surface area contributed by atoms with Gasteiger partial charge in [-0.3, -0.25) is 14.4 Å². The lowest BCUT2D eigenvalue weighted by molar-refractivity contribution is -0.141. The summed E-state index contributed by atoms with van der Waals surface area (Å²) >= 11 is 0. The van der Waals surface area contributed by atoms with E-state index in [4.69, 9.17) is 0 Å². The van der Waals surface area contributed by atoms with Gasteiger partial charge in [0.1, 0.15) is 6.04 Å². The molecule has 3 aromatic rings. The van der Waals surface area contributed by atoms with Crippen LogP contribution in [0.2, 0.25) is 0 Å². The van der Waals surface area contributed by atoms with Crippen LogP contribution < -0.4 is 10.6 Å². The molecule has 0 aliphatic heterocycles. The van der Waals surface area contributed by atoms with Gasteiger partial charge in [-0.15, -0.1) is 0 Å². The van der Waals surface area contributed by atoms with Gasteiger partial charge in [-0.2, -0.15) is 0 Å². The SMILES string of the molecule is COC(=O)c1ccc(NC(=O)C(CC(C)C)NC(=O)C(CCCc2ccc3ccccc3c2)CC(=O)O)cc1. The quantitative estimate of drug-likeness (QED) is 0.260. The second-order valence-electron chi connectivity index (χ2n) is 10.1. The predicted octanol–water partition coefficient (Wildman–Crippen LogP) is 5.21. The molecule has 39 heavy (non-hydrogen) atoms. The largest absolute Gasteiger partial charge is 0.481 e. The number of carbonyl (C=O) groups is 4. The molecule has 8 heteroatoms. The molecule has 2 amide bonds. The Kier molecular flexibility index (Phi) is 10.6. The molecule has 0 saturated heterocycles. The lowest BCUT2D eigenvalue weighted by atomic mass is 9.94. The van der Waals surface area contributed by atoms with E-state index in [2.05, 4.69) is 33.6 Å². The second kappa shape index (κ2) is 14.1. The minimum atomic E-state index is -1.06. The molecule has 3 rings (SSSR count). The van der Waals surface area contributed by atoms with Crippen LogP contribution >= 0.6 is 0 Å². The molecule has 8 nitrogen and oxygen atoms in total. The number of benzene rings is 3. The third-order valence-corrected chi connectivity index (χ3v) is 6.54. The molecule has 2 atom stereocenters. The van der Waals surface area contributed by atoms with Gasteiger partial charge in [0.15, 0.2) is 0 Å². The van der Waals surface area contributed by atoms with E-state index >= 15 is 0 Å². The maximum Gasteiger partial charge on any atom is 0.337 e. The van der Waals surface area contributed by atoms with Crippen molar-refractivity contribution in [3.05, 3.63) is 77.9 Å². The van der Waals surface area contributed by atoms with Gasteiger partial charge in [0.05, 0.1) is 19.1 Å². The number of ether oxygens (including phenoxy) is 1. The number of hydrogen-bond acceptors (Lipinski definition) is 5. The number of fused-ring (bicyclic) bond motifs is 1. The fourth-order valence-electron chi connectivity index (χ4n) is 4.51. The molecule has 0 saturated carbocycles. The standard InChI is InChI=1S/C31H36N2O6/c1-20(2)17-27(30(37)32-26-15-13-23(14-16-26)31(38)39-3)33-29(36)25(19-28(34)35)10-6-7-21-11-12-22-8-4-5-9-24(22)18-21/h4-5,8-9,11-16,18,20,25,27H,6-7,10,17,19H2,1-3H3,(H,32,37)(H,33,36)(H,34,35). The number of carboxylic acid groups (broad SMARTS) is 1. The topological polar surface area (TPSA) is 122 Å². The molecule has 0 aliphatic carbocycles. The minimum absolute atomic E-state index is 0.105. The van der Waals surface area contributed by atoms with E-state index in [9.17, 15) is 24.3 Å². The Bertz CT molecular complexity index is 1300. The summed E-state index contributed by atoms with van der Waals surface area (Å²) < 4.78 is 4.69. The molecule has 0 fully saturated rings. The number of anilines is 1. The van der Waals surface area contributed by atoms with Gasteiger partial charge in [0, 0.05) is 11.6 Å². The Balaban J connectivity index is 1.64. The van der Waals surface area contributed by atoms with Gasteiger partial charge in [-0.1, -0.05) is 56.3 Å². The fourth-order valence-corrected chi connectivity index (χ4v) is 4.51. The number of carbonyl (C=O) groups excluding carboxylic acids is 3. The van der Waals surface area contributed by atoms with Gasteiger partial charge in [-0.05, 0) is 72.2 Å². The van der Waals surface area contributed by atoms with Crippen molar-refractivity contribution in [1.29, 1.82) is 0 Å². The number of rotatable bonds is 13. The van der Waals surface area contributed by atoms with Gasteiger partial charge in [-0.25, -0.2) is 4.79 Å². The number of aryl methyl sites for hydroxylation is 1. The van der Waals surface area contributed by atoms with Crippen LogP contribution in [0.1, 0.15) is 55.5 Å². The van der Waals surface area contributed by atoms with Crippen LogP contribution in [0.3, 0.4) is 0 Å². The van der Waals surface area contributed by atoms with Crippen molar-refractivity contribution in [1.82, 2.24) is 5.32 Å². The molecule has 0 spiro atoms. The first-order chi connectivity index (χ1) is 18.7. The molecule has 2 unspecified atom stereocenters. The van der Waals surface area contributed by atoms with Crippen molar-refractivity contribution in [2.24, 2.45) is 11.8 Å². The highest BCUT2D eigenvalue weighted by atomic mass is 16.5. The van der Waals surface area contributed by atoms with E-state index in [-0.39, 0.29) is 12.3 Å². The maximum atomic E-state index is 13.2. The summed E-state index contributed by atoms with van der Waals surface area (Å²) in [6, 6.07) is 19.7. The monoisotopic (exact) mass is 532 g/mol. The van der Waals surface area contributed by atoms with E-state index in [1.807, 2.05) is 38.1 Å². The third-order valence-electron chi connectivity index (χ3n) is 6.54. The number of amides is 2. The summed E-state index contributed by atoms with van der Waals surface area (Å²) in [5, 5.41) is 17.3. The summed E-state index contributed by atoms with van der Waals surface area (Å²) in [5.41, 5.74) is 1.94. The first-order valence-electron chi connectivity index (χ1n) is 13.2. The molecule has 0 bridgehead atoms. The summed E-state index contributed by atoms with van der Waals surface area (Å²) in [4.78, 5) is 49.5. The number of hydrogen-bond donors (Lipinski definition) is 3. The Morgan fingerprint density at radius 2 is 1.59 bits per heavy atom. The highest BCUT2D eigenvalue weighted by Gasteiger charge is 2.28. The molecule has 0 aromatic heterocycles. The average Bonchev–Trinajstić information content (AvgIpc) is 2.91. The van der Waals surface area contributed by atoms with Crippen molar-refractivity contribution in [2.75, 3.05) is 12.4 Å². The molecular formula is C31H36N2O6. The first-order valence-corrected chi connectivity index (χ1v) is 13.2. The number of esters is 1. The van der Waals surface area contributed by atoms with Gasteiger partial charge >= 0.3 is 11.9 Å². The van der Waals surface area contributed by atoms with Crippen LogP contribution in [0.5, 0.6) is 0 Å². The van der Waals surface area contributed by atoms with Crippen LogP contribution in [0, 0.1) is 11.8 Å². The Labute approximate surface area is 228 Å². The van der Waals surface area contributed by atoms with Gasteiger partial charge in [0.2, 0.25) is 11.8 Å². The Hall–Kier alpha value is -4.20. The molecule has 3 N–H and O–H groups in total. The van der Waals surface area contributed by atoms with E-state index in [0.717, 1.165) is 16.3 Å². The van der Waals surface area contributed by atoms with E-state index in [1.165, 1.54) is 19.2 Å².